The van der Waals surface area contributed by atoms with Crippen LogP contribution in [0.3, 0.4) is 0 Å². The molecule has 1 aromatic heterocycles. The van der Waals surface area contributed by atoms with Gasteiger partial charge in [-0.2, -0.15) is 0 Å². The third-order valence-corrected chi connectivity index (χ3v) is 3.78. The summed E-state index contributed by atoms with van der Waals surface area (Å²) in [5.74, 6) is 0. The molecule has 0 fully saturated rings. The van der Waals surface area contributed by atoms with E-state index in [-0.39, 0.29) is 0 Å². The Bertz CT molecular complexity index is 406. The van der Waals surface area contributed by atoms with Crippen LogP contribution in [-0.2, 0) is 0 Å². The van der Waals surface area contributed by atoms with E-state index in [1.54, 1.807) is 23.1 Å². The van der Waals surface area contributed by atoms with Crippen molar-refractivity contribution in [1.82, 2.24) is 4.98 Å². The Kier molecular flexibility index (Phi) is 2.07. The number of thioether (sulfide) groups is 1. The highest BCUT2D eigenvalue weighted by Crippen LogP contribution is 2.29. The number of para-hydroxylation sites is 1. The Hall–Kier alpha value is -0.540. The molecule has 2 aromatic rings. The van der Waals surface area contributed by atoms with E-state index in [9.17, 15) is 0 Å². The van der Waals surface area contributed by atoms with Crippen molar-refractivity contribution in [1.29, 1.82) is 0 Å². The Balaban J connectivity index is 2.74. The minimum atomic E-state index is 1.15. The zero-order valence-electron chi connectivity index (χ0n) is 7.00. The number of aryl methyl sites for hydroxylation is 1. The molecule has 1 aromatic carbocycles. The predicted octanol–water partition coefficient (Wildman–Crippen LogP) is 3.33. The number of nitrogens with zero attached hydrogens (tertiary/aromatic N) is 1. The molecule has 0 saturated heterocycles. The zero-order chi connectivity index (χ0) is 8.55. The first kappa shape index (κ1) is 8.08. The number of hydrogen-bond acceptors (Lipinski definition) is 3. The normalized spacial score (nSPS) is 10.8. The van der Waals surface area contributed by atoms with Crippen molar-refractivity contribution in [3.63, 3.8) is 0 Å². The van der Waals surface area contributed by atoms with Gasteiger partial charge in [0.2, 0.25) is 0 Å². The maximum Gasteiger partial charge on any atom is 0.150 e. The summed E-state index contributed by atoms with van der Waals surface area (Å²) in [7, 11) is 0. The lowest BCUT2D eigenvalue weighted by Crippen LogP contribution is -1.73. The van der Waals surface area contributed by atoms with Gasteiger partial charge < -0.3 is 0 Å². The van der Waals surface area contributed by atoms with E-state index in [0.29, 0.717) is 0 Å². The second-order valence-corrected chi connectivity index (χ2v) is 4.69. The van der Waals surface area contributed by atoms with E-state index >= 15 is 0 Å². The standard InChI is InChI=1S/C9H9NS2/c1-6-4-3-5-7-8(6)10-9(11-2)12-7/h3-5H,1-2H3. The molecular weight excluding hydrogens is 186 g/mol. The summed E-state index contributed by atoms with van der Waals surface area (Å²) in [6.45, 7) is 2.10. The lowest BCUT2D eigenvalue weighted by atomic mass is 10.2. The SMILES string of the molecule is CSc1nc2c(C)cccc2s1. The van der Waals surface area contributed by atoms with Gasteiger partial charge >= 0.3 is 0 Å². The second-order valence-electron chi connectivity index (χ2n) is 2.61. The van der Waals surface area contributed by atoms with Gasteiger partial charge in [0.15, 0.2) is 4.34 Å². The third-order valence-electron chi connectivity index (χ3n) is 1.78. The molecule has 0 saturated carbocycles. The van der Waals surface area contributed by atoms with Gasteiger partial charge in [-0.1, -0.05) is 23.9 Å². The quantitative estimate of drug-likeness (QED) is 0.647. The van der Waals surface area contributed by atoms with E-state index in [2.05, 4.69) is 36.4 Å². The molecule has 0 N–H and O–H groups in total. The molecule has 0 aliphatic rings. The van der Waals surface area contributed by atoms with E-state index in [4.69, 9.17) is 0 Å². The van der Waals surface area contributed by atoms with Gasteiger partial charge in [-0.25, -0.2) is 4.98 Å². The van der Waals surface area contributed by atoms with Crippen LogP contribution in [-0.4, -0.2) is 11.2 Å². The minimum Gasteiger partial charge on any atom is -0.229 e. The van der Waals surface area contributed by atoms with Gasteiger partial charge in [0.1, 0.15) is 0 Å². The highest BCUT2D eigenvalue weighted by Gasteiger charge is 2.03. The molecule has 0 amide bonds. The van der Waals surface area contributed by atoms with Crippen LogP contribution in [0.5, 0.6) is 0 Å². The average Bonchev–Trinajstić information content (AvgIpc) is 2.49. The molecule has 1 nitrogen and oxygen atoms in total. The zero-order valence-corrected chi connectivity index (χ0v) is 8.63. The van der Waals surface area contributed by atoms with Gasteiger partial charge in [0, 0.05) is 0 Å². The van der Waals surface area contributed by atoms with Crippen LogP contribution in [0.25, 0.3) is 10.2 Å². The fraction of sp³-hybridized carbons (Fsp3) is 0.222. The van der Waals surface area contributed by atoms with Crippen molar-refractivity contribution in [2.75, 3.05) is 6.26 Å². The fourth-order valence-corrected chi connectivity index (χ4v) is 2.71. The van der Waals surface area contributed by atoms with Crippen LogP contribution in [0.15, 0.2) is 22.5 Å². The van der Waals surface area contributed by atoms with Gasteiger partial charge in [0.05, 0.1) is 10.2 Å². The number of aromatic nitrogens is 1. The number of hydrogen-bond donors (Lipinski definition) is 0. The average molecular weight is 195 g/mol. The number of benzene rings is 1. The van der Waals surface area contributed by atoms with Crippen molar-refractivity contribution < 1.29 is 0 Å². The number of fused-ring (bicyclic) bond motifs is 1. The molecule has 0 radical (unpaired) electrons. The molecular formula is C9H9NS2. The van der Waals surface area contributed by atoms with Crippen LogP contribution in [0, 0.1) is 6.92 Å². The molecule has 2 rings (SSSR count). The highest BCUT2D eigenvalue weighted by molar-refractivity contribution is 8.00. The largest absolute Gasteiger partial charge is 0.229 e. The van der Waals surface area contributed by atoms with Gasteiger partial charge in [-0.05, 0) is 24.8 Å². The summed E-state index contributed by atoms with van der Waals surface area (Å²) in [4.78, 5) is 4.51. The first-order valence-corrected chi connectivity index (χ1v) is 5.75. The van der Waals surface area contributed by atoms with E-state index in [1.165, 1.54) is 10.3 Å². The smallest absolute Gasteiger partial charge is 0.150 e. The maximum atomic E-state index is 4.51. The van der Waals surface area contributed by atoms with Gasteiger partial charge in [0.25, 0.3) is 0 Å². The molecule has 0 aliphatic carbocycles. The predicted molar refractivity (Wildman–Crippen MR) is 56.1 cm³/mol. The fourth-order valence-electron chi connectivity index (χ4n) is 1.15. The molecule has 0 aliphatic heterocycles. The Labute approximate surface area is 79.8 Å². The summed E-state index contributed by atoms with van der Waals surface area (Å²) in [5.41, 5.74) is 2.43. The summed E-state index contributed by atoms with van der Waals surface area (Å²) in [6, 6.07) is 6.31. The lowest BCUT2D eigenvalue weighted by molar-refractivity contribution is 1.29. The molecule has 12 heavy (non-hydrogen) atoms. The summed E-state index contributed by atoms with van der Waals surface area (Å²) >= 11 is 3.47. The van der Waals surface area contributed by atoms with Crippen molar-refractivity contribution >= 4 is 33.3 Å². The molecule has 62 valence electrons. The molecule has 1 heterocycles. The van der Waals surface area contributed by atoms with Gasteiger partial charge in [-0.15, -0.1) is 11.3 Å². The van der Waals surface area contributed by atoms with Crippen LogP contribution in [0.1, 0.15) is 5.56 Å². The van der Waals surface area contributed by atoms with Crippen LogP contribution in [0.4, 0.5) is 0 Å². The van der Waals surface area contributed by atoms with Crippen molar-refractivity contribution in [2.24, 2.45) is 0 Å². The molecule has 0 unspecified atom stereocenters. The van der Waals surface area contributed by atoms with E-state index in [1.807, 2.05) is 0 Å². The van der Waals surface area contributed by atoms with E-state index in [0.717, 1.165) is 9.86 Å². The number of rotatable bonds is 1. The van der Waals surface area contributed by atoms with Crippen molar-refractivity contribution in [3.8, 4) is 0 Å². The summed E-state index contributed by atoms with van der Waals surface area (Å²) in [5, 5.41) is 0. The lowest BCUT2D eigenvalue weighted by Gasteiger charge is -1.90. The topological polar surface area (TPSA) is 12.9 Å². The Morgan fingerprint density at radius 1 is 1.42 bits per heavy atom. The Morgan fingerprint density at radius 3 is 2.92 bits per heavy atom. The third kappa shape index (κ3) is 1.23. The van der Waals surface area contributed by atoms with Crippen molar-refractivity contribution in [3.05, 3.63) is 23.8 Å². The van der Waals surface area contributed by atoms with Crippen LogP contribution < -0.4 is 0 Å². The molecule has 0 spiro atoms. The second kappa shape index (κ2) is 3.07. The van der Waals surface area contributed by atoms with Crippen LogP contribution >= 0.6 is 23.1 Å². The van der Waals surface area contributed by atoms with Gasteiger partial charge in [-0.3, -0.25) is 0 Å². The molecule has 0 bridgehead atoms. The summed E-state index contributed by atoms with van der Waals surface area (Å²) in [6.07, 6.45) is 2.06. The first-order valence-electron chi connectivity index (χ1n) is 3.71. The monoisotopic (exact) mass is 195 g/mol. The maximum absolute atomic E-state index is 4.51. The highest BCUT2D eigenvalue weighted by atomic mass is 32.2. The molecule has 3 heteroatoms. The summed E-state index contributed by atoms with van der Waals surface area (Å²) < 4.78 is 2.44. The van der Waals surface area contributed by atoms with E-state index < -0.39 is 0 Å². The van der Waals surface area contributed by atoms with Crippen molar-refractivity contribution in [2.45, 2.75) is 11.3 Å². The van der Waals surface area contributed by atoms with Crippen LogP contribution in [0.2, 0.25) is 0 Å². The number of thiazole rings is 1. The Morgan fingerprint density at radius 2 is 2.25 bits per heavy atom. The minimum absolute atomic E-state index is 1.15. The molecule has 0 atom stereocenters. The first-order chi connectivity index (χ1) is 5.81.